The first-order valence-corrected chi connectivity index (χ1v) is 12.7. The molecule has 0 aromatic heterocycles. The highest BCUT2D eigenvalue weighted by atomic mass is 16.6. The predicted octanol–water partition coefficient (Wildman–Crippen LogP) is 4.93. The fourth-order valence-electron chi connectivity index (χ4n) is 3.98. The number of nitrogens with one attached hydrogen (secondary N) is 2. The van der Waals surface area contributed by atoms with Gasteiger partial charge in [-0.15, -0.1) is 0 Å². The Hall–Kier alpha value is -3.55. The maximum atomic E-state index is 14.0. The molecule has 0 saturated heterocycles. The Balaban J connectivity index is 2.43. The first kappa shape index (κ1) is 29.7. The molecule has 0 fully saturated rings. The van der Waals surface area contributed by atoms with Crippen LogP contribution in [0.2, 0.25) is 0 Å². The van der Waals surface area contributed by atoms with Crippen LogP contribution in [-0.2, 0) is 20.9 Å². The van der Waals surface area contributed by atoms with Gasteiger partial charge >= 0.3 is 6.09 Å². The van der Waals surface area contributed by atoms with Crippen molar-refractivity contribution in [2.45, 2.75) is 85.2 Å². The zero-order chi connectivity index (χ0) is 27.8. The molecule has 3 N–H and O–H groups in total. The second-order valence-electron chi connectivity index (χ2n) is 10.9. The number of nitrogens with zero attached hydrogens (tertiary/aromatic N) is 1. The third-order valence-corrected chi connectivity index (χ3v) is 5.55. The van der Waals surface area contributed by atoms with E-state index in [0.29, 0.717) is 18.5 Å². The summed E-state index contributed by atoms with van der Waals surface area (Å²) in [4.78, 5) is 41.7. The summed E-state index contributed by atoms with van der Waals surface area (Å²) >= 11 is 0. The van der Waals surface area contributed by atoms with Gasteiger partial charge in [0.2, 0.25) is 11.8 Å². The van der Waals surface area contributed by atoms with E-state index in [0.717, 1.165) is 5.56 Å². The first-order chi connectivity index (χ1) is 17.3. The van der Waals surface area contributed by atoms with Crippen molar-refractivity contribution in [1.29, 1.82) is 0 Å². The lowest BCUT2D eigenvalue weighted by molar-refractivity contribution is -0.145. The molecule has 0 bridgehead atoms. The van der Waals surface area contributed by atoms with Gasteiger partial charge in [-0.25, -0.2) is 4.79 Å². The van der Waals surface area contributed by atoms with Crippen LogP contribution >= 0.6 is 0 Å². The molecule has 0 saturated carbocycles. The number of carbonyl (C=O) groups excluding carboxylic acids is 3. The molecule has 8 heteroatoms. The first-order valence-electron chi connectivity index (χ1n) is 12.7. The van der Waals surface area contributed by atoms with E-state index in [1.165, 1.54) is 17.0 Å². The topological polar surface area (TPSA) is 108 Å². The van der Waals surface area contributed by atoms with Gasteiger partial charge in [-0.2, -0.15) is 0 Å². The standard InChI is InChI=1S/C29H41N3O5/c1-19(2)17-24(31-28(36)37-29(5,6)7)27(35)32(20(3)4)25(22-13-15-23(33)16-14-22)26(34)30-18-21-11-9-8-10-12-21/h8-16,19-20,24-25,33H,17-18H2,1-7H3,(H,30,34)(H,31,36). The van der Waals surface area contributed by atoms with Crippen LogP contribution in [0.3, 0.4) is 0 Å². The van der Waals surface area contributed by atoms with E-state index < -0.39 is 23.8 Å². The monoisotopic (exact) mass is 511 g/mol. The van der Waals surface area contributed by atoms with Crippen molar-refractivity contribution in [3.63, 3.8) is 0 Å². The van der Waals surface area contributed by atoms with Gasteiger partial charge in [-0.3, -0.25) is 9.59 Å². The fourth-order valence-corrected chi connectivity index (χ4v) is 3.98. The van der Waals surface area contributed by atoms with Gasteiger partial charge < -0.3 is 25.4 Å². The molecule has 0 spiro atoms. The maximum Gasteiger partial charge on any atom is 0.408 e. The number of hydrogen-bond donors (Lipinski definition) is 3. The Morgan fingerprint density at radius 2 is 1.54 bits per heavy atom. The molecule has 2 aromatic carbocycles. The lowest BCUT2D eigenvalue weighted by Crippen LogP contribution is -2.55. The molecule has 2 rings (SSSR count). The average Bonchev–Trinajstić information content (AvgIpc) is 2.80. The number of benzene rings is 2. The zero-order valence-electron chi connectivity index (χ0n) is 22.9. The minimum atomic E-state index is -0.980. The Kier molecular flexibility index (Phi) is 10.5. The van der Waals surface area contributed by atoms with E-state index in [-0.39, 0.29) is 29.5 Å². The third kappa shape index (κ3) is 9.44. The van der Waals surface area contributed by atoms with Gasteiger partial charge in [-0.05, 0) is 70.2 Å². The number of alkyl carbamates (subject to hydrolysis) is 1. The van der Waals surface area contributed by atoms with Crippen molar-refractivity contribution in [3.8, 4) is 5.75 Å². The largest absolute Gasteiger partial charge is 0.508 e. The zero-order valence-corrected chi connectivity index (χ0v) is 22.9. The molecule has 2 aromatic rings. The number of aromatic hydroxyl groups is 1. The second-order valence-corrected chi connectivity index (χ2v) is 10.9. The Morgan fingerprint density at radius 3 is 2.05 bits per heavy atom. The van der Waals surface area contributed by atoms with Gasteiger partial charge in [-0.1, -0.05) is 56.3 Å². The number of rotatable bonds is 10. The third-order valence-electron chi connectivity index (χ3n) is 5.55. The van der Waals surface area contributed by atoms with E-state index in [1.54, 1.807) is 32.9 Å². The molecule has 3 amide bonds. The van der Waals surface area contributed by atoms with Crippen LogP contribution in [-0.4, -0.2) is 45.6 Å². The highest BCUT2D eigenvalue weighted by molar-refractivity contribution is 5.92. The van der Waals surface area contributed by atoms with Crippen LogP contribution in [0.15, 0.2) is 54.6 Å². The molecule has 202 valence electrons. The number of amides is 3. The van der Waals surface area contributed by atoms with Gasteiger partial charge in [0.1, 0.15) is 23.4 Å². The summed E-state index contributed by atoms with van der Waals surface area (Å²) in [6, 6.07) is 13.5. The van der Waals surface area contributed by atoms with Crippen molar-refractivity contribution in [1.82, 2.24) is 15.5 Å². The molecule has 2 unspecified atom stereocenters. The van der Waals surface area contributed by atoms with Crippen LogP contribution in [0.5, 0.6) is 5.75 Å². The number of carbonyl (C=O) groups is 3. The van der Waals surface area contributed by atoms with Crippen LogP contribution in [0.1, 0.15) is 72.1 Å². The SMILES string of the molecule is CC(C)CC(NC(=O)OC(C)(C)C)C(=O)N(C(C)C)C(C(=O)NCc1ccccc1)c1ccc(O)cc1. The number of phenolic OH excluding ortho intramolecular Hbond substituents is 1. The lowest BCUT2D eigenvalue weighted by atomic mass is 9.98. The van der Waals surface area contributed by atoms with Gasteiger partial charge in [0.25, 0.3) is 0 Å². The predicted molar refractivity (Wildman–Crippen MR) is 144 cm³/mol. The summed E-state index contributed by atoms with van der Waals surface area (Å²) in [6.45, 7) is 13.1. The van der Waals surface area contributed by atoms with Crippen LogP contribution in [0, 0.1) is 5.92 Å². The van der Waals surface area contributed by atoms with Crippen molar-refractivity contribution in [2.24, 2.45) is 5.92 Å². The van der Waals surface area contributed by atoms with Crippen molar-refractivity contribution < 1.29 is 24.2 Å². The Bertz CT molecular complexity index is 1030. The van der Waals surface area contributed by atoms with Gasteiger partial charge in [0, 0.05) is 12.6 Å². The minimum Gasteiger partial charge on any atom is -0.508 e. The van der Waals surface area contributed by atoms with E-state index in [4.69, 9.17) is 4.74 Å². The summed E-state index contributed by atoms with van der Waals surface area (Å²) in [7, 11) is 0. The summed E-state index contributed by atoms with van der Waals surface area (Å²) in [6.07, 6.45) is -0.320. The van der Waals surface area contributed by atoms with Crippen molar-refractivity contribution in [2.75, 3.05) is 0 Å². The number of ether oxygens (including phenoxy) is 1. The molecular formula is C29H41N3O5. The van der Waals surface area contributed by atoms with Gasteiger partial charge in [0.15, 0.2) is 0 Å². The van der Waals surface area contributed by atoms with E-state index in [9.17, 15) is 19.5 Å². The number of phenols is 1. The molecule has 2 atom stereocenters. The van der Waals surface area contributed by atoms with Crippen LogP contribution in [0.25, 0.3) is 0 Å². The summed E-state index contributed by atoms with van der Waals surface area (Å²) < 4.78 is 5.41. The smallest absolute Gasteiger partial charge is 0.408 e. The average molecular weight is 512 g/mol. The van der Waals surface area contributed by atoms with Crippen LogP contribution < -0.4 is 10.6 Å². The molecule has 0 radical (unpaired) electrons. The minimum absolute atomic E-state index is 0.0545. The maximum absolute atomic E-state index is 14.0. The summed E-state index contributed by atoms with van der Waals surface area (Å²) in [5.74, 6) is -0.601. The molecule has 37 heavy (non-hydrogen) atoms. The lowest BCUT2D eigenvalue weighted by Gasteiger charge is -2.37. The van der Waals surface area contributed by atoms with Gasteiger partial charge in [0.05, 0.1) is 0 Å². The highest BCUT2D eigenvalue weighted by Gasteiger charge is 2.38. The summed E-state index contributed by atoms with van der Waals surface area (Å²) in [5.41, 5.74) is 0.747. The molecule has 0 aliphatic rings. The molecule has 0 heterocycles. The summed E-state index contributed by atoms with van der Waals surface area (Å²) in [5, 5.41) is 15.5. The number of hydrogen-bond acceptors (Lipinski definition) is 5. The van der Waals surface area contributed by atoms with Crippen molar-refractivity contribution >= 4 is 17.9 Å². The Labute approximate surface area is 220 Å². The molecule has 8 nitrogen and oxygen atoms in total. The van der Waals surface area contributed by atoms with E-state index >= 15 is 0 Å². The molecule has 0 aliphatic heterocycles. The molecule has 0 aliphatic carbocycles. The second kappa shape index (κ2) is 13.1. The molecular weight excluding hydrogens is 470 g/mol. The van der Waals surface area contributed by atoms with Crippen LogP contribution in [0.4, 0.5) is 4.79 Å². The normalized spacial score (nSPS) is 13.1. The van der Waals surface area contributed by atoms with E-state index in [2.05, 4.69) is 10.6 Å². The fraction of sp³-hybridized carbons (Fsp3) is 0.483. The van der Waals surface area contributed by atoms with E-state index in [1.807, 2.05) is 58.0 Å². The quantitative estimate of drug-likeness (QED) is 0.419. The van der Waals surface area contributed by atoms with Crippen molar-refractivity contribution in [3.05, 3.63) is 65.7 Å². The highest BCUT2D eigenvalue weighted by Crippen LogP contribution is 2.27. The Morgan fingerprint density at radius 1 is 0.946 bits per heavy atom.